The number of hydrogen-bond acceptors (Lipinski definition) is 6. The number of aliphatic hydroxyl groups is 1. The van der Waals surface area contributed by atoms with Gasteiger partial charge >= 0.3 is 6.03 Å². The van der Waals surface area contributed by atoms with Crippen molar-refractivity contribution in [2.24, 2.45) is 0 Å². The highest BCUT2D eigenvalue weighted by atomic mass is 16.5. The number of carbonyl (C=O) groups excluding carboxylic acids is 2. The molecule has 3 N–H and O–H groups in total. The molecule has 42 heavy (non-hydrogen) atoms. The highest BCUT2D eigenvalue weighted by molar-refractivity contribution is 5.95. The molecule has 1 aliphatic rings. The number of pyridine rings is 1. The Hall–Kier alpha value is -4.73. The number of nitrogens with zero attached hydrogens (tertiary/aromatic N) is 3. The van der Waals surface area contributed by atoms with E-state index in [0.717, 1.165) is 35.3 Å². The van der Waals surface area contributed by atoms with Crippen LogP contribution in [-0.2, 0) is 13.2 Å². The third kappa shape index (κ3) is 7.72. The maximum absolute atomic E-state index is 13.2. The SMILES string of the molecule is O=C(NCc1cccnc1)Nc1ccc(OCc2ccccc2-c2cccc(C(=O)N3CCN(CCO)CC3)c2)cc1. The summed E-state index contributed by atoms with van der Waals surface area (Å²) in [6.45, 7) is 4.34. The fourth-order valence-corrected chi connectivity index (χ4v) is 4.90. The van der Waals surface area contributed by atoms with Gasteiger partial charge in [-0.3, -0.25) is 14.7 Å². The van der Waals surface area contributed by atoms with Gasteiger partial charge in [-0.05, 0) is 64.7 Å². The Morgan fingerprint density at radius 3 is 2.48 bits per heavy atom. The lowest BCUT2D eigenvalue weighted by molar-refractivity contribution is 0.0615. The average molecular weight is 566 g/mol. The van der Waals surface area contributed by atoms with Crippen LogP contribution < -0.4 is 15.4 Å². The monoisotopic (exact) mass is 565 g/mol. The second-order valence-corrected chi connectivity index (χ2v) is 10.1. The minimum absolute atomic E-state index is 0.0219. The number of β-amino-alcohol motifs (C(OH)–C–C–N with tert-alkyl or cyclic N) is 1. The largest absolute Gasteiger partial charge is 0.489 e. The van der Waals surface area contributed by atoms with Crippen molar-refractivity contribution >= 4 is 17.6 Å². The van der Waals surface area contributed by atoms with Crippen LogP contribution in [0.25, 0.3) is 11.1 Å². The summed E-state index contributed by atoms with van der Waals surface area (Å²) in [5, 5.41) is 14.8. The molecule has 3 aromatic carbocycles. The van der Waals surface area contributed by atoms with E-state index in [1.165, 1.54) is 0 Å². The van der Waals surface area contributed by atoms with Crippen LogP contribution in [0.2, 0.25) is 0 Å². The first-order chi connectivity index (χ1) is 20.6. The van der Waals surface area contributed by atoms with Gasteiger partial charge in [0, 0.05) is 62.9 Å². The maximum atomic E-state index is 13.2. The summed E-state index contributed by atoms with van der Waals surface area (Å²) in [4.78, 5) is 33.6. The molecule has 0 radical (unpaired) electrons. The van der Waals surface area contributed by atoms with Crippen molar-refractivity contribution in [1.29, 1.82) is 0 Å². The lowest BCUT2D eigenvalue weighted by Crippen LogP contribution is -2.49. The van der Waals surface area contributed by atoms with E-state index in [-0.39, 0.29) is 18.5 Å². The average Bonchev–Trinajstić information content (AvgIpc) is 3.04. The molecule has 0 unspecified atom stereocenters. The van der Waals surface area contributed by atoms with Crippen molar-refractivity contribution in [3.63, 3.8) is 0 Å². The van der Waals surface area contributed by atoms with Crippen molar-refractivity contribution in [3.05, 3.63) is 114 Å². The highest BCUT2D eigenvalue weighted by Gasteiger charge is 2.22. The van der Waals surface area contributed by atoms with Gasteiger partial charge in [-0.15, -0.1) is 0 Å². The second kappa shape index (κ2) is 14.2. The molecule has 0 bridgehead atoms. The van der Waals surface area contributed by atoms with Crippen molar-refractivity contribution < 1.29 is 19.4 Å². The number of amides is 3. The van der Waals surface area contributed by atoms with Crippen LogP contribution in [-0.4, -0.2) is 71.2 Å². The molecule has 4 aromatic rings. The Kier molecular flexibility index (Phi) is 9.77. The first-order valence-corrected chi connectivity index (χ1v) is 14.1. The molecule has 0 spiro atoms. The third-order valence-corrected chi connectivity index (χ3v) is 7.20. The molecule has 0 aliphatic carbocycles. The summed E-state index contributed by atoms with van der Waals surface area (Å²) in [7, 11) is 0. The van der Waals surface area contributed by atoms with Crippen LogP contribution in [0, 0.1) is 0 Å². The Morgan fingerprint density at radius 1 is 0.905 bits per heavy atom. The number of benzene rings is 3. The number of anilines is 1. The summed E-state index contributed by atoms with van der Waals surface area (Å²) in [5.41, 5.74) is 5.19. The number of piperazine rings is 1. The topological polar surface area (TPSA) is 107 Å². The molecule has 2 heterocycles. The Bertz CT molecular complexity index is 1470. The number of ether oxygens (including phenoxy) is 1. The number of nitrogens with one attached hydrogen (secondary N) is 2. The Balaban J connectivity index is 1.18. The molecule has 0 saturated carbocycles. The molecule has 9 nitrogen and oxygen atoms in total. The fourth-order valence-electron chi connectivity index (χ4n) is 4.90. The Labute approximate surface area is 245 Å². The predicted octanol–water partition coefficient (Wildman–Crippen LogP) is 4.40. The van der Waals surface area contributed by atoms with E-state index in [4.69, 9.17) is 4.74 Å². The van der Waals surface area contributed by atoms with Crippen molar-refractivity contribution in [3.8, 4) is 16.9 Å². The summed E-state index contributed by atoms with van der Waals surface area (Å²) in [6.07, 6.45) is 3.41. The zero-order chi connectivity index (χ0) is 29.1. The number of carbonyl (C=O) groups is 2. The quantitative estimate of drug-likeness (QED) is 0.263. The van der Waals surface area contributed by atoms with Gasteiger partial charge in [0.25, 0.3) is 5.91 Å². The molecule has 1 aromatic heterocycles. The third-order valence-electron chi connectivity index (χ3n) is 7.20. The van der Waals surface area contributed by atoms with Gasteiger partial charge in [0.15, 0.2) is 0 Å². The zero-order valence-electron chi connectivity index (χ0n) is 23.4. The van der Waals surface area contributed by atoms with Gasteiger partial charge in [0.05, 0.1) is 6.61 Å². The minimum Gasteiger partial charge on any atom is -0.489 e. The number of rotatable bonds is 10. The van der Waals surface area contributed by atoms with Crippen LogP contribution in [0.1, 0.15) is 21.5 Å². The van der Waals surface area contributed by atoms with Gasteiger partial charge in [0.2, 0.25) is 0 Å². The van der Waals surface area contributed by atoms with Gasteiger partial charge in [-0.2, -0.15) is 0 Å². The first-order valence-electron chi connectivity index (χ1n) is 14.1. The van der Waals surface area contributed by atoms with Crippen LogP contribution in [0.15, 0.2) is 97.3 Å². The van der Waals surface area contributed by atoms with E-state index in [1.807, 2.05) is 77.7 Å². The molecule has 0 atom stereocenters. The number of urea groups is 1. The summed E-state index contributed by atoms with van der Waals surface area (Å²) in [5.74, 6) is 0.698. The summed E-state index contributed by atoms with van der Waals surface area (Å²) < 4.78 is 6.09. The number of aliphatic hydroxyl groups excluding tert-OH is 1. The van der Waals surface area contributed by atoms with E-state index in [1.54, 1.807) is 24.5 Å². The van der Waals surface area contributed by atoms with Crippen LogP contribution in [0.3, 0.4) is 0 Å². The van der Waals surface area contributed by atoms with Crippen LogP contribution >= 0.6 is 0 Å². The van der Waals surface area contributed by atoms with Crippen molar-refractivity contribution in [1.82, 2.24) is 20.1 Å². The second-order valence-electron chi connectivity index (χ2n) is 10.1. The molecule has 216 valence electrons. The first kappa shape index (κ1) is 28.8. The molecule has 5 rings (SSSR count). The maximum Gasteiger partial charge on any atom is 0.319 e. The van der Waals surface area contributed by atoms with E-state index in [9.17, 15) is 14.7 Å². The number of aromatic nitrogens is 1. The van der Waals surface area contributed by atoms with E-state index < -0.39 is 0 Å². The lowest BCUT2D eigenvalue weighted by Gasteiger charge is -2.34. The van der Waals surface area contributed by atoms with Crippen molar-refractivity contribution in [2.75, 3.05) is 44.6 Å². The van der Waals surface area contributed by atoms with Gasteiger partial charge < -0.3 is 25.4 Å². The molecule has 9 heteroatoms. The predicted molar refractivity (Wildman–Crippen MR) is 162 cm³/mol. The van der Waals surface area contributed by atoms with Gasteiger partial charge in [0.1, 0.15) is 12.4 Å². The lowest BCUT2D eigenvalue weighted by atomic mass is 9.98. The van der Waals surface area contributed by atoms with Gasteiger partial charge in [-0.1, -0.05) is 42.5 Å². The molecular formula is C33H35N5O4. The fraction of sp³-hybridized carbons (Fsp3) is 0.242. The molecule has 1 saturated heterocycles. The van der Waals surface area contributed by atoms with Crippen LogP contribution in [0.4, 0.5) is 10.5 Å². The normalized spacial score (nSPS) is 13.4. The minimum atomic E-state index is -0.300. The zero-order valence-corrected chi connectivity index (χ0v) is 23.4. The highest BCUT2D eigenvalue weighted by Crippen LogP contribution is 2.27. The van der Waals surface area contributed by atoms with Crippen molar-refractivity contribution in [2.45, 2.75) is 13.2 Å². The van der Waals surface area contributed by atoms with E-state index in [2.05, 4.69) is 20.5 Å². The molecule has 3 amide bonds. The molecular weight excluding hydrogens is 530 g/mol. The summed E-state index contributed by atoms with van der Waals surface area (Å²) >= 11 is 0. The number of hydrogen-bond donors (Lipinski definition) is 3. The van der Waals surface area contributed by atoms with Gasteiger partial charge in [-0.25, -0.2) is 4.79 Å². The summed E-state index contributed by atoms with van der Waals surface area (Å²) in [6, 6.07) is 26.4. The smallest absolute Gasteiger partial charge is 0.319 e. The molecule has 1 fully saturated rings. The molecule has 1 aliphatic heterocycles. The van der Waals surface area contributed by atoms with E-state index >= 15 is 0 Å². The standard InChI is InChI=1S/C33H35N5O4/c39-20-19-37-15-17-38(18-16-37)32(40)27-8-3-7-26(21-27)31-9-2-1-6-28(31)24-42-30-12-10-29(11-13-30)36-33(41)35-23-25-5-4-14-34-22-25/h1-14,21-22,39H,15-20,23-24H2,(H2,35,36,41). The van der Waals surface area contributed by atoms with Crippen LogP contribution in [0.5, 0.6) is 5.75 Å². The van der Waals surface area contributed by atoms with E-state index in [0.29, 0.717) is 49.8 Å². The Morgan fingerprint density at radius 2 is 1.71 bits per heavy atom.